The van der Waals surface area contributed by atoms with E-state index in [0.29, 0.717) is 29.5 Å². The van der Waals surface area contributed by atoms with Gasteiger partial charge in [-0.15, -0.1) is 0 Å². The second-order valence-corrected chi connectivity index (χ2v) is 4.72. The summed E-state index contributed by atoms with van der Waals surface area (Å²) in [5.41, 5.74) is 6.17. The van der Waals surface area contributed by atoms with Gasteiger partial charge < -0.3 is 20.5 Å². The van der Waals surface area contributed by atoms with Crippen molar-refractivity contribution in [2.45, 2.75) is 18.9 Å². The summed E-state index contributed by atoms with van der Waals surface area (Å²) in [6.45, 7) is 0.461. The predicted molar refractivity (Wildman–Crippen MR) is 72.6 cm³/mol. The Morgan fingerprint density at radius 3 is 2.68 bits per heavy atom. The van der Waals surface area contributed by atoms with Gasteiger partial charge in [0.1, 0.15) is 11.5 Å². The fraction of sp³-hybridized carbons (Fsp3) is 0.500. The van der Waals surface area contributed by atoms with Crippen molar-refractivity contribution in [2.24, 2.45) is 11.7 Å². The number of hydrogen-bond donors (Lipinski definition) is 2. The van der Waals surface area contributed by atoms with Crippen molar-refractivity contribution in [1.82, 2.24) is 5.32 Å². The molecule has 19 heavy (non-hydrogen) atoms. The van der Waals surface area contributed by atoms with Crippen molar-refractivity contribution in [3.63, 3.8) is 0 Å². The quantitative estimate of drug-likeness (QED) is 0.809. The Kier molecular flexibility index (Phi) is 4.27. The molecule has 1 atom stereocenters. The molecule has 1 aliphatic rings. The van der Waals surface area contributed by atoms with Gasteiger partial charge in [0.05, 0.1) is 19.8 Å². The Labute approximate surface area is 113 Å². The molecule has 5 nitrogen and oxygen atoms in total. The van der Waals surface area contributed by atoms with Crippen LogP contribution in [0.4, 0.5) is 0 Å². The number of rotatable bonds is 6. The molecule has 1 saturated carbocycles. The first kappa shape index (κ1) is 13.7. The summed E-state index contributed by atoms with van der Waals surface area (Å²) < 4.78 is 10.3. The number of nitrogens with one attached hydrogen (secondary N) is 1. The van der Waals surface area contributed by atoms with Gasteiger partial charge in [0.2, 0.25) is 0 Å². The van der Waals surface area contributed by atoms with Crippen LogP contribution in [-0.2, 0) is 0 Å². The molecule has 1 fully saturated rings. The second-order valence-electron chi connectivity index (χ2n) is 4.72. The van der Waals surface area contributed by atoms with Crippen LogP contribution < -0.4 is 20.5 Å². The van der Waals surface area contributed by atoms with E-state index in [1.165, 1.54) is 0 Å². The highest BCUT2D eigenvalue weighted by Gasteiger charge is 2.31. The summed E-state index contributed by atoms with van der Waals surface area (Å²) in [5, 5.41) is 2.97. The first-order valence-electron chi connectivity index (χ1n) is 6.42. The van der Waals surface area contributed by atoms with Crippen LogP contribution in [0.3, 0.4) is 0 Å². The van der Waals surface area contributed by atoms with E-state index in [9.17, 15) is 4.79 Å². The fourth-order valence-corrected chi connectivity index (χ4v) is 2.11. The first-order valence-corrected chi connectivity index (χ1v) is 6.42. The van der Waals surface area contributed by atoms with Crippen LogP contribution in [0.5, 0.6) is 11.5 Å². The molecule has 5 heteroatoms. The van der Waals surface area contributed by atoms with E-state index in [2.05, 4.69) is 5.32 Å². The normalized spacial score (nSPS) is 15.7. The van der Waals surface area contributed by atoms with Crippen LogP contribution >= 0.6 is 0 Å². The Hall–Kier alpha value is -1.75. The monoisotopic (exact) mass is 264 g/mol. The molecule has 0 aliphatic heterocycles. The SMILES string of the molecule is COc1ccc(OC)c(C(=O)NC(CN)C2CC2)c1. The molecule has 1 aromatic rings. The van der Waals surface area contributed by atoms with Gasteiger partial charge >= 0.3 is 0 Å². The lowest BCUT2D eigenvalue weighted by atomic mass is 10.1. The lowest BCUT2D eigenvalue weighted by Crippen LogP contribution is -2.41. The number of carbonyl (C=O) groups excluding carboxylic acids is 1. The van der Waals surface area contributed by atoms with Gasteiger partial charge in [0, 0.05) is 12.6 Å². The molecule has 0 aromatic heterocycles. The lowest BCUT2D eigenvalue weighted by molar-refractivity contribution is 0.0930. The molecule has 0 bridgehead atoms. The number of nitrogens with two attached hydrogens (primary N) is 1. The largest absolute Gasteiger partial charge is 0.497 e. The Morgan fingerprint density at radius 2 is 2.16 bits per heavy atom. The number of ether oxygens (including phenoxy) is 2. The molecule has 2 rings (SSSR count). The summed E-state index contributed by atoms with van der Waals surface area (Å²) in [5.74, 6) is 1.51. The van der Waals surface area contributed by atoms with Crippen molar-refractivity contribution >= 4 is 5.91 Å². The minimum Gasteiger partial charge on any atom is -0.497 e. The molecular formula is C14H20N2O3. The minimum atomic E-state index is -0.168. The van der Waals surface area contributed by atoms with Crippen LogP contribution in [0.25, 0.3) is 0 Å². The third kappa shape index (κ3) is 3.17. The van der Waals surface area contributed by atoms with Crippen molar-refractivity contribution in [1.29, 1.82) is 0 Å². The van der Waals surface area contributed by atoms with Crippen LogP contribution in [-0.4, -0.2) is 32.7 Å². The summed E-state index contributed by atoms with van der Waals surface area (Å²) in [6.07, 6.45) is 2.27. The van der Waals surface area contributed by atoms with Gasteiger partial charge in [-0.25, -0.2) is 0 Å². The van der Waals surface area contributed by atoms with Crippen molar-refractivity contribution in [3.8, 4) is 11.5 Å². The lowest BCUT2D eigenvalue weighted by Gasteiger charge is -2.17. The summed E-state index contributed by atoms with van der Waals surface area (Å²) in [7, 11) is 3.11. The highest BCUT2D eigenvalue weighted by Crippen LogP contribution is 2.32. The van der Waals surface area contributed by atoms with Crippen molar-refractivity contribution in [3.05, 3.63) is 23.8 Å². The van der Waals surface area contributed by atoms with E-state index < -0.39 is 0 Å². The van der Waals surface area contributed by atoms with Crippen LogP contribution in [0.2, 0.25) is 0 Å². The average Bonchev–Trinajstić information content (AvgIpc) is 3.28. The van der Waals surface area contributed by atoms with Gasteiger partial charge in [0.25, 0.3) is 5.91 Å². The maximum Gasteiger partial charge on any atom is 0.255 e. The minimum absolute atomic E-state index is 0.0448. The molecule has 1 aromatic carbocycles. The van der Waals surface area contributed by atoms with Crippen molar-refractivity contribution < 1.29 is 14.3 Å². The zero-order chi connectivity index (χ0) is 13.8. The molecular weight excluding hydrogens is 244 g/mol. The standard InChI is InChI=1S/C14H20N2O3/c1-18-10-5-6-13(19-2)11(7-10)14(17)16-12(8-15)9-3-4-9/h5-7,9,12H,3-4,8,15H2,1-2H3,(H,16,17). The summed E-state index contributed by atoms with van der Waals surface area (Å²) >= 11 is 0. The number of carbonyl (C=O) groups is 1. The van der Waals surface area contributed by atoms with Crippen LogP contribution in [0.15, 0.2) is 18.2 Å². The highest BCUT2D eigenvalue weighted by molar-refractivity contribution is 5.97. The number of hydrogen-bond acceptors (Lipinski definition) is 4. The Balaban J connectivity index is 2.16. The Bertz CT molecular complexity index is 458. The number of methoxy groups -OCH3 is 2. The molecule has 104 valence electrons. The van der Waals surface area contributed by atoms with E-state index >= 15 is 0 Å². The van der Waals surface area contributed by atoms with Crippen molar-refractivity contribution in [2.75, 3.05) is 20.8 Å². The molecule has 1 amide bonds. The van der Waals surface area contributed by atoms with Gasteiger partial charge in [-0.1, -0.05) is 0 Å². The second kappa shape index (κ2) is 5.93. The molecule has 1 aliphatic carbocycles. The van der Waals surface area contributed by atoms with E-state index in [-0.39, 0.29) is 11.9 Å². The van der Waals surface area contributed by atoms with E-state index in [1.807, 2.05) is 0 Å². The zero-order valence-corrected chi connectivity index (χ0v) is 11.3. The maximum atomic E-state index is 12.3. The summed E-state index contributed by atoms with van der Waals surface area (Å²) in [6, 6.07) is 5.21. The van der Waals surface area contributed by atoms with Gasteiger partial charge in [-0.05, 0) is 37.0 Å². The molecule has 0 radical (unpaired) electrons. The predicted octanol–water partition coefficient (Wildman–Crippen LogP) is 1.17. The topological polar surface area (TPSA) is 73.6 Å². The maximum absolute atomic E-state index is 12.3. The van der Waals surface area contributed by atoms with Gasteiger partial charge in [-0.3, -0.25) is 4.79 Å². The van der Waals surface area contributed by atoms with Crippen LogP contribution in [0.1, 0.15) is 23.2 Å². The third-order valence-electron chi connectivity index (χ3n) is 3.41. The first-order chi connectivity index (χ1) is 9.19. The molecule has 0 saturated heterocycles. The Morgan fingerprint density at radius 1 is 1.42 bits per heavy atom. The molecule has 0 spiro atoms. The third-order valence-corrected chi connectivity index (χ3v) is 3.41. The average molecular weight is 264 g/mol. The van der Waals surface area contributed by atoms with E-state index in [4.69, 9.17) is 15.2 Å². The molecule has 1 unspecified atom stereocenters. The van der Waals surface area contributed by atoms with E-state index in [1.54, 1.807) is 32.4 Å². The van der Waals surface area contributed by atoms with Gasteiger partial charge in [0.15, 0.2) is 0 Å². The summed E-state index contributed by atoms with van der Waals surface area (Å²) in [4.78, 5) is 12.3. The van der Waals surface area contributed by atoms with E-state index in [0.717, 1.165) is 12.8 Å². The smallest absolute Gasteiger partial charge is 0.255 e. The number of amides is 1. The van der Waals surface area contributed by atoms with Crippen LogP contribution in [0, 0.1) is 5.92 Å². The zero-order valence-electron chi connectivity index (χ0n) is 11.3. The fourth-order valence-electron chi connectivity index (χ4n) is 2.11. The van der Waals surface area contributed by atoms with Gasteiger partial charge in [-0.2, -0.15) is 0 Å². The highest BCUT2D eigenvalue weighted by atomic mass is 16.5. The number of benzene rings is 1. The molecule has 0 heterocycles. The molecule has 3 N–H and O–H groups in total.